The van der Waals surface area contributed by atoms with Crippen LogP contribution in [0.15, 0.2) is 30.3 Å². The van der Waals surface area contributed by atoms with Crippen LogP contribution in [0.3, 0.4) is 0 Å². The van der Waals surface area contributed by atoms with Crippen molar-refractivity contribution in [2.45, 2.75) is 26.3 Å². The van der Waals surface area contributed by atoms with Crippen LogP contribution in [-0.2, 0) is 16.0 Å². The molecule has 5 heteroatoms. The number of amides is 2. The highest BCUT2D eigenvalue weighted by Gasteiger charge is 2.25. The van der Waals surface area contributed by atoms with Crippen LogP contribution in [0.5, 0.6) is 0 Å². The second-order valence-corrected chi connectivity index (χ2v) is 6.22. The molecule has 0 bridgehead atoms. The number of carbonyl (C=O) groups excluding carboxylic acids is 2. The average Bonchev–Trinajstić information content (AvgIpc) is 2.43. The topological polar surface area (TPSA) is 70.2 Å². The standard InChI is InChI=1S/C17H25N3O2/c1-12(2)16(17(22)19-11-14-9-18-10-14)20-15(21)8-13-6-4-3-5-7-13/h3-7,12,14,16,18H,8-11H2,1-2H3,(H,19,22)(H,20,21). The van der Waals surface area contributed by atoms with Gasteiger partial charge >= 0.3 is 0 Å². The summed E-state index contributed by atoms with van der Waals surface area (Å²) in [4.78, 5) is 24.4. The Hall–Kier alpha value is -1.88. The van der Waals surface area contributed by atoms with Gasteiger partial charge in [0.1, 0.15) is 6.04 Å². The Morgan fingerprint density at radius 3 is 2.45 bits per heavy atom. The first-order valence-electron chi connectivity index (χ1n) is 7.88. The summed E-state index contributed by atoms with van der Waals surface area (Å²) >= 11 is 0. The Morgan fingerprint density at radius 1 is 1.23 bits per heavy atom. The number of nitrogens with one attached hydrogen (secondary N) is 3. The van der Waals surface area contributed by atoms with Crippen molar-refractivity contribution in [2.24, 2.45) is 11.8 Å². The van der Waals surface area contributed by atoms with E-state index >= 15 is 0 Å². The molecule has 1 aliphatic heterocycles. The predicted octanol–water partition coefficient (Wildman–Crippen LogP) is 0.706. The van der Waals surface area contributed by atoms with E-state index in [1.807, 2.05) is 44.2 Å². The zero-order valence-electron chi connectivity index (χ0n) is 13.3. The Kier molecular flexibility index (Phi) is 5.95. The van der Waals surface area contributed by atoms with Gasteiger partial charge in [-0.25, -0.2) is 0 Å². The molecule has 1 fully saturated rings. The highest BCUT2D eigenvalue weighted by molar-refractivity contribution is 5.88. The summed E-state index contributed by atoms with van der Waals surface area (Å²) in [6.45, 7) is 6.46. The van der Waals surface area contributed by atoms with E-state index in [-0.39, 0.29) is 17.7 Å². The highest BCUT2D eigenvalue weighted by Crippen LogP contribution is 2.06. The fourth-order valence-corrected chi connectivity index (χ4v) is 2.39. The zero-order valence-corrected chi connectivity index (χ0v) is 13.3. The molecule has 0 radical (unpaired) electrons. The minimum Gasteiger partial charge on any atom is -0.354 e. The molecule has 1 saturated heterocycles. The van der Waals surface area contributed by atoms with Gasteiger partial charge in [0.25, 0.3) is 0 Å². The first kappa shape index (κ1) is 16.5. The largest absolute Gasteiger partial charge is 0.354 e. The molecule has 5 nitrogen and oxygen atoms in total. The molecule has 1 unspecified atom stereocenters. The molecule has 1 atom stereocenters. The lowest BCUT2D eigenvalue weighted by atomic mass is 10.0. The first-order valence-corrected chi connectivity index (χ1v) is 7.88. The summed E-state index contributed by atoms with van der Waals surface area (Å²) in [7, 11) is 0. The minimum absolute atomic E-state index is 0.0549. The first-order chi connectivity index (χ1) is 10.6. The lowest BCUT2D eigenvalue weighted by Crippen LogP contribution is -2.54. The summed E-state index contributed by atoms with van der Waals surface area (Å²) in [6.07, 6.45) is 0.296. The van der Waals surface area contributed by atoms with Crippen LogP contribution in [-0.4, -0.2) is 37.5 Å². The fraction of sp³-hybridized carbons (Fsp3) is 0.529. The van der Waals surface area contributed by atoms with Crippen LogP contribution >= 0.6 is 0 Å². The Balaban J connectivity index is 1.84. The lowest BCUT2D eigenvalue weighted by molar-refractivity contribution is -0.129. The van der Waals surface area contributed by atoms with Gasteiger partial charge < -0.3 is 16.0 Å². The number of hydrogen-bond donors (Lipinski definition) is 3. The molecule has 0 spiro atoms. The molecular weight excluding hydrogens is 278 g/mol. The highest BCUT2D eigenvalue weighted by atomic mass is 16.2. The third-order valence-corrected chi connectivity index (χ3v) is 3.90. The van der Waals surface area contributed by atoms with Crippen LogP contribution < -0.4 is 16.0 Å². The summed E-state index contributed by atoms with van der Waals surface area (Å²) in [5.41, 5.74) is 0.948. The van der Waals surface area contributed by atoms with Crippen molar-refractivity contribution in [3.63, 3.8) is 0 Å². The molecule has 2 rings (SSSR count). The van der Waals surface area contributed by atoms with Crippen LogP contribution in [0.4, 0.5) is 0 Å². The van der Waals surface area contributed by atoms with Crippen molar-refractivity contribution in [1.29, 1.82) is 0 Å². The second-order valence-electron chi connectivity index (χ2n) is 6.22. The van der Waals surface area contributed by atoms with Gasteiger partial charge in [-0.1, -0.05) is 44.2 Å². The van der Waals surface area contributed by atoms with Crippen LogP contribution in [0, 0.1) is 11.8 Å². The Morgan fingerprint density at radius 2 is 1.91 bits per heavy atom. The van der Waals surface area contributed by atoms with E-state index in [2.05, 4.69) is 16.0 Å². The van der Waals surface area contributed by atoms with Crippen molar-refractivity contribution < 1.29 is 9.59 Å². The maximum Gasteiger partial charge on any atom is 0.242 e. The van der Waals surface area contributed by atoms with Crippen molar-refractivity contribution >= 4 is 11.8 Å². The number of benzene rings is 1. The Bertz CT molecular complexity index is 498. The Labute approximate surface area is 131 Å². The van der Waals surface area contributed by atoms with Crippen LogP contribution in [0.1, 0.15) is 19.4 Å². The molecular formula is C17H25N3O2. The quantitative estimate of drug-likeness (QED) is 0.695. The van der Waals surface area contributed by atoms with E-state index in [0.29, 0.717) is 18.9 Å². The van der Waals surface area contributed by atoms with Crippen molar-refractivity contribution in [2.75, 3.05) is 19.6 Å². The molecule has 0 saturated carbocycles. The smallest absolute Gasteiger partial charge is 0.242 e. The third kappa shape index (κ3) is 4.84. The van der Waals surface area contributed by atoms with Gasteiger partial charge in [-0.2, -0.15) is 0 Å². The summed E-state index contributed by atoms with van der Waals surface area (Å²) in [5, 5.41) is 8.97. The van der Waals surface area contributed by atoms with Gasteiger partial charge in [-0.3, -0.25) is 9.59 Å². The molecule has 0 aliphatic carbocycles. The third-order valence-electron chi connectivity index (χ3n) is 3.90. The zero-order chi connectivity index (χ0) is 15.9. The van der Waals surface area contributed by atoms with Crippen molar-refractivity contribution in [3.05, 3.63) is 35.9 Å². The molecule has 1 heterocycles. The van der Waals surface area contributed by atoms with E-state index in [9.17, 15) is 9.59 Å². The monoisotopic (exact) mass is 303 g/mol. The van der Waals surface area contributed by atoms with Crippen LogP contribution in [0.2, 0.25) is 0 Å². The van der Waals surface area contributed by atoms with Gasteiger partial charge in [-0.15, -0.1) is 0 Å². The van der Waals surface area contributed by atoms with Gasteiger partial charge in [0.2, 0.25) is 11.8 Å². The predicted molar refractivity (Wildman–Crippen MR) is 86.3 cm³/mol. The summed E-state index contributed by atoms with van der Waals surface area (Å²) in [5.74, 6) is 0.352. The van der Waals surface area contributed by atoms with Gasteiger partial charge in [0.05, 0.1) is 6.42 Å². The number of carbonyl (C=O) groups is 2. The van der Waals surface area contributed by atoms with Crippen molar-refractivity contribution in [1.82, 2.24) is 16.0 Å². The number of rotatable bonds is 7. The van der Waals surface area contributed by atoms with E-state index < -0.39 is 6.04 Å². The normalized spacial score (nSPS) is 16.0. The molecule has 1 aliphatic rings. The molecule has 1 aromatic rings. The molecule has 120 valence electrons. The van der Waals surface area contributed by atoms with Crippen LogP contribution in [0.25, 0.3) is 0 Å². The number of hydrogen-bond acceptors (Lipinski definition) is 3. The van der Waals surface area contributed by atoms with Gasteiger partial charge in [0.15, 0.2) is 0 Å². The van der Waals surface area contributed by atoms with E-state index in [1.54, 1.807) is 0 Å². The molecule has 22 heavy (non-hydrogen) atoms. The van der Waals surface area contributed by atoms with E-state index in [0.717, 1.165) is 18.7 Å². The van der Waals surface area contributed by atoms with Gasteiger partial charge in [-0.05, 0) is 11.5 Å². The molecule has 0 aromatic heterocycles. The second kappa shape index (κ2) is 7.94. The SMILES string of the molecule is CC(C)C(NC(=O)Cc1ccccc1)C(=O)NCC1CNC1. The van der Waals surface area contributed by atoms with Gasteiger partial charge in [0, 0.05) is 25.6 Å². The van der Waals surface area contributed by atoms with E-state index in [1.165, 1.54) is 0 Å². The molecule has 1 aromatic carbocycles. The fourth-order valence-electron chi connectivity index (χ4n) is 2.39. The minimum atomic E-state index is -0.482. The van der Waals surface area contributed by atoms with Crippen molar-refractivity contribution in [3.8, 4) is 0 Å². The molecule has 2 amide bonds. The lowest BCUT2D eigenvalue weighted by Gasteiger charge is -2.29. The maximum atomic E-state index is 12.3. The average molecular weight is 303 g/mol. The summed E-state index contributed by atoms with van der Waals surface area (Å²) < 4.78 is 0. The van der Waals surface area contributed by atoms with E-state index in [4.69, 9.17) is 0 Å². The molecule has 3 N–H and O–H groups in total. The summed E-state index contributed by atoms with van der Waals surface area (Å²) in [6, 6.07) is 9.07. The maximum absolute atomic E-state index is 12.3.